The number of nitrogens with zero attached hydrogens (tertiary/aromatic N) is 2. The monoisotopic (exact) mass is 331 g/mol. The number of carbonyl (C=O) groups excluding carboxylic acids is 1. The van der Waals surface area contributed by atoms with Gasteiger partial charge in [-0.05, 0) is 18.2 Å². The van der Waals surface area contributed by atoms with Gasteiger partial charge in [-0.25, -0.2) is 4.39 Å². The third-order valence-corrected chi connectivity index (χ3v) is 3.89. The number of aromatic nitrogens is 1. The molecule has 0 bridgehead atoms. The molecule has 0 unspecified atom stereocenters. The van der Waals surface area contributed by atoms with E-state index in [4.69, 9.17) is 9.47 Å². The van der Waals surface area contributed by atoms with Crippen LogP contribution in [0.15, 0.2) is 30.5 Å². The number of methoxy groups -OCH3 is 2. The van der Waals surface area contributed by atoms with E-state index in [2.05, 4.69) is 10.3 Å². The van der Waals surface area contributed by atoms with Crippen molar-refractivity contribution in [2.24, 2.45) is 0 Å². The summed E-state index contributed by atoms with van der Waals surface area (Å²) in [5, 5.41) is 2.73. The molecule has 1 aliphatic heterocycles. The largest absolute Gasteiger partial charge is 0.493 e. The predicted octanol–water partition coefficient (Wildman–Crippen LogP) is 2.59. The van der Waals surface area contributed by atoms with Crippen molar-refractivity contribution in [1.29, 1.82) is 0 Å². The van der Waals surface area contributed by atoms with Crippen molar-refractivity contribution in [3.8, 4) is 11.5 Å². The molecule has 0 spiro atoms. The number of halogens is 1. The molecule has 1 amide bonds. The highest BCUT2D eigenvalue weighted by Gasteiger charge is 2.22. The molecule has 1 aliphatic rings. The van der Waals surface area contributed by atoms with Crippen LogP contribution in [0.5, 0.6) is 11.5 Å². The van der Waals surface area contributed by atoms with Gasteiger partial charge in [-0.1, -0.05) is 0 Å². The fourth-order valence-electron chi connectivity index (χ4n) is 2.76. The van der Waals surface area contributed by atoms with Crippen molar-refractivity contribution in [1.82, 2.24) is 4.98 Å². The van der Waals surface area contributed by atoms with Gasteiger partial charge in [-0.2, -0.15) is 0 Å². The van der Waals surface area contributed by atoms with Crippen molar-refractivity contribution < 1.29 is 18.7 Å². The summed E-state index contributed by atoms with van der Waals surface area (Å²) >= 11 is 0. The third-order valence-electron chi connectivity index (χ3n) is 3.89. The number of amides is 1. The molecule has 2 heterocycles. The number of carbonyl (C=O) groups is 1. The van der Waals surface area contributed by atoms with Gasteiger partial charge in [-0.15, -0.1) is 0 Å². The van der Waals surface area contributed by atoms with E-state index in [-0.39, 0.29) is 5.91 Å². The zero-order chi connectivity index (χ0) is 17.1. The van der Waals surface area contributed by atoms with Crippen LogP contribution >= 0.6 is 0 Å². The van der Waals surface area contributed by atoms with Gasteiger partial charge in [0.1, 0.15) is 11.5 Å². The summed E-state index contributed by atoms with van der Waals surface area (Å²) in [6.45, 7) is 0.903. The molecule has 1 aromatic carbocycles. The number of pyridine rings is 1. The Morgan fingerprint density at radius 3 is 2.88 bits per heavy atom. The first kappa shape index (κ1) is 16.0. The van der Waals surface area contributed by atoms with Crippen LogP contribution in [0.4, 0.5) is 15.8 Å². The van der Waals surface area contributed by atoms with E-state index < -0.39 is 5.82 Å². The Bertz CT molecular complexity index is 767. The first-order chi connectivity index (χ1) is 11.6. The second-order valence-corrected chi connectivity index (χ2v) is 5.37. The lowest BCUT2D eigenvalue weighted by Crippen LogP contribution is -2.25. The molecule has 2 aromatic rings. The molecular formula is C17H18FN3O3. The van der Waals surface area contributed by atoms with Gasteiger partial charge in [0.2, 0.25) is 5.91 Å². The lowest BCUT2D eigenvalue weighted by molar-refractivity contribution is -0.115. The van der Waals surface area contributed by atoms with Gasteiger partial charge in [0.25, 0.3) is 0 Å². The maximum absolute atomic E-state index is 13.5. The molecule has 1 aromatic heterocycles. The number of fused-ring (bicyclic) bond motifs is 1. The van der Waals surface area contributed by atoms with Crippen LogP contribution in [0.1, 0.15) is 12.1 Å². The molecule has 0 radical (unpaired) electrons. The lowest BCUT2D eigenvalue weighted by Gasteiger charge is -2.24. The SMILES string of the molecule is COc1ccnc(CN2CCC(=O)Nc3cc(F)ccc32)c1OC. The minimum atomic E-state index is -0.395. The van der Waals surface area contributed by atoms with Crippen molar-refractivity contribution in [2.75, 3.05) is 31.0 Å². The summed E-state index contributed by atoms with van der Waals surface area (Å²) in [6, 6.07) is 6.07. The lowest BCUT2D eigenvalue weighted by atomic mass is 10.2. The molecule has 0 saturated heterocycles. The van der Waals surface area contributed by atoms with Crippen molar-refractivity contribution >= 4 is 17.3 Å². The fraction of sp³-hybridized carbons (Fsp3) is 0.294. The smallest absolute Gasteiger partial charge is 0.226 e. The summed E-state index contributed by atoms with van der Waals surface area (Å²) in [7, 11) is 3.12. The topological polar surface area (TPSA) is 63.7 Å². The Labute approximate surface area is 139 Å². The van der Waals surface area contributed by atoms with Crippen molar-refractivity contribution in [3.63, 3.8) is 0 Å². The molecule has 0 saturated carbocycles. The number of hydrogen-bond acceptors (Lipinski definition) is 5. The summed E-state index contributed by atoms with van der Waals surface area (Å²) in [4.78, 5) is 18.2. The summed E-state index contributed by atoms with van der Waals surface area (Å²) in [5.74, 6) is 0.598. The summed E-state index contributed by atoms with van der Waals surface area (Å²) in [6.07, 6.45) is 1.95. The minimum Gasteiger partial charge on any atom is -0.493 e. The number of benzene rings is 1. The van der Waals surface area contributed by atoms with Gasteiger partial charge < -0.3 is 19.7 Å². The molecule has 7 heteroatoms. The second kappa shape index (κ2) is 6.74. The van der Waals surface area contributed by atoms with Crippen molar-refractivity contribution in [3.05, 3.63) is 42.0 Å². The van der Waals surface area contributed by atoms with E-state index in [9.17, 15) is 9.18 Å². The van der Waals surface area contributed by atoms with Gasteiger partial charge in [-0.3, -0.25) is 9.78 Å². The highest BCUT2D eigenvalue weighted by atomic mass is 19.1. The molecule has 24 heavy (non-hydrogen) atoms. The highest BCUT2D eigenvalue weighted by molar-refractivity contribution is 5.96. The van der Waals surface area contributed by atoms with E-state index in [0.717, 1.165) is 5.69 Å². The van der Waals surface area contributed by atoms with E-state index in [0.29, 0.717) is 42.4 Å². The first-order valence-corrected chi connectivity index (χ1v) is 7.52. The Morgan fingerprint density at radius 2 is 2.12 bits per heavy atom. The predicted molar refractivity (Wildman–Crippen MR) is 88.0 cm³/mol. The second-order valence-electron chi connectivity index (χ2n) is 5.37. The number of hydrogen-bond donors (Lipinski definition) is 1. The van der Waals surface area contributed by atoms with E-state index in [1.165, 1.54) is 12.1 Å². The summed E-state index contributed by atoms with van der Waals surface area (Å²) < 4.78 is 24.2. The average molecular weight is 331 g/mol. The van der Waals surface area contributed by atoms with E-state index in [1.54, 1.807) is 32.5 Å². The molecule has 0 aliphatic carbocycles. The number of nitrogens with one attached hydrogen (secondary N) is 1. The first-order valence-electron chi connectivity index (χ1n) is 7.52. The number of rotatable bonds is 4. The maximum Gasteiger partial charge on any atom is 0.226 e. The number of anilines is 2. The minimum absolute atomic E-state index is 0.144. The van der Waals surface area contributed by atoms with Crippen LogP contribution in [0.2, 0.25) is 0 Å². The van der Waals surface area contributed by atoms with E-state index >= 15 is 0 Å². The fourth-order valence-corrected chi connectivity index (χ4v) is 2.76. The standard InChI is InChI=1S/C17H18FN3O3/c1-23-15-5-7-19-13(17(15)24-2)10-21-8-6-16(22)20-12-9-11(18)3-4-14(12)21/h3-5,7,9H,6,8,10H2,1-2H3,(H,20,22). The highest BCUT2D eigenvalue weighted by Crippen LogP contribution is 2.34. The molecule has 0 atom stereocenters. The zero-order valence-corrected chi connectivity index (χ0v) is 13.5. The van der Waals surface area contributed by atoms with Gasteiger partial charge in [0.05, 0.1) is 32.1 Å². The molecule has 6 nitrogen and oxygen atoms in total. The van der Waals surface area contributed by atoms with Crippen LogP contribution < -0.4 is 19.7 Å². The van der Waals surface area contributed by atoms with Gasteiger partial charge in [0.15, 0.2) is 11.5 Å². The normalized spacial score (nSPS) is 13.8. The molecule has 1 N–H and O–H groups in total. The Balaban J connectivity index is 1.98. The third kappa shape index (κ3) is 3.10. The average Bonchev–Trinajstić information content (AvgIpc) is 2.73. The molecule has 0 fully saturated rings. The van der Waals surface area contributed by atoms with Crippen LogP contribution in [0.3, 0.4) is 0 Å². The van der Waals surface area contributed by atoms with Crippen LogP contribution in [0.25, 0.3) is 0 Å². The molecule has 126 valence electrons. The Morgan fingerprint density at radius 1 is 1.29 bits per heavy atom. The van der Waals surface area contributed by atoms with Crippen LogP contribution in [-0.4, -0.2) is 31.7 Å². The number of ether oxygens (including phenoxy) is 2. The molecule has 3 rings (SSSR count). The maximum atomic E-state index is 13.5. The van der Waals surface area contributed by atoms with Gasteiger partial charge in [0, 0.05) is 25.2 Å². The quantitative estimate of drug-likeness (QED) is 0.933. The van der Waals surface area contributed by atoms with Crippen LogP contribution in [0, 0.1) is 5.82 Å². The van der Waals surface area contributed by atoms with Gasteiger partial charge >= 0.3 is 0 Å². The zero-order valence-electron chi connectivity index (χ0n) is 13.5. The van der Waals surface area contributed by atoms with Crippen molar-refractivity contribution in [2.45, 2.75) is 13.0 Å². The van der Waals surface area contributed by atoms with Crippen LogP contribution in [-0.2, 0) is 11.3 Å². The Kier molecular flexibility index (Phi) is 4.50. The van der Waals surface area contributed by atoms with E-state index in [1.807, 2.05) is 4.90 Å². The molecular weight excluding hydrogens is 313 g/mol. The Hall–Kier alpha value is -2.83. The summed E-state index contributed by atoms with van der Waals surface area (Å²) in [5.41, 5.74) is 1.88.